The van der Waals surface area contributed by atoms with Crippen molar-refractivity contribution in [3.63, 3.8) is 0 Å². The van der Waals surface area contributed by atoms with Gasteiger partial charge in [-0.3, -0.25) is 5.10 Å². The Morgan fingerprint density at radius 3 is 3.05 bits per heavy atom. The molecule has 2 saturated carbocycles. The highest BCUT2D eigenvalue weighted by Gasteiger charge is 2.26. The van der Waals surface area contributed by atoms with Gasteiger partial charge in [-0.1, -0.05) is 0 Å². The lowest BCUT2D eigenvalue weighted by atomic mass is 9.92. The van der Waals surface area contributed by atoms with E-state index in [0.717, 1.165) is 29.0 Å². The van der Waals surface area contributed by atoms with Gasteiger partial charge in [-0.2, -0.15) is 5.10 Å². The third kappa shape index (κ3) is 2.98. The number of hydrogen-bond acceptors (Lipinski definition) is 3. The fourth-order valence-corrected chi connectivity index (χ4v) is 3.54. The van der Waals surface area contributed by atoms with Gasteiger partial charge in [-0.25, -0.2) is 0 Å². The lowest BCUT2D eigenvalue weighted by Gasteiger charge is -2.30. The van der Waals surface area contributed by atoms with Crippen LogP contribution in [0.4, 0.5) is 0 Å². The maximum atomic E-state index is 6.33. The van der Waals surface area contributed by atoms with Crippen LogP contribution in [0.25, 0.3) is 10.9 Å². The second-order valence-electron chi connectivity index (χ2n) is 6.97. The summed E-state index contributed by atoms with van der Waals surface area (Å²) in [6.07, 6.45) is 9.94. The Kier molecular flexibility index (Phi) is 3.78. The molecule has 22 heavy (non-hydrogen) atoms. The second kappa shape index (κ2) is 5.92. The minimum atomic E-state index is 0.341. The average Bonchev–Trinajstić information content (AvgIpc) is 3.24. The molecule has 4 nitrogen and oxygen atoms in total. The number of hydrogen-bond donors (Lipinski definition) is 2. The van der Waals surface area contributed by atoms with Crippen LogP contribution in [0.1, 0.15) is 44.1 Å². The standard InChI is InChI=1S/C18H25N3O/c1-12-16-11-20-21-17(16)7-8-18(12)22-15-4-2-3-14(9-15)19-10-13-5-6-13/h7-8,11,13-15,19H,2-6,9-10H2,1H3,(H,20,21)/t14-,15+/m0/s1. The lowest BCUT2D eigenvalue weighted by Crippen LogP contribution is -2.39. The molecule has 2 fully saturated rings. The molecule has 2 aromatic rings. The maximum absolute atomic E-state index is 6.33. The Hall–Kier alpha value is -1.55. The second-order valence-corrected chi connectivity index (χ2v) is 6.97. The Morgan fingerprint density at radius 2 is 2.18 bits per heavy atom. The zero-order valence-corrected chi connectivity index (χ0v) is 13.3. The first-order valence-electron chi connectivity index (χ1n) is 8.62. The molecule has 4 rings (SSSR count). The minimum absolute atomic E-state index is 0.341. The van der Waals surface area contributed by atoms with Crippen molar-refractivity contribution in [3.05, 3.63) is 23.9 Å². The monoisotopic (exact) mass is 299 g/mol. The number of aryl methyl sites for hydroxylation is 1. The van der Waals surface area contributed by atoms with E-state index in [0.29, 0.717) is 12.1 Å². The zero-order chi connectivity index (χ0) is 14.9. The molecule has 0 unspecified atom stereocenters. The number of aromatic nitrogens is 2. The predicted octanol–water partition coefficient (Wildman–Crippen LogP) is 3.56. The maximum Gasteiger partial charge on any atom is 0.123 e. The molecule has 0 spiro atoms. The van der Waals surface area contributed by atoms with Crippen LogP contribution in [0.3, 0.4) is 0 Å². The van der Waals surface area contributed by atoms with Gasteiger partial charge in [0, 0.05) is 17.0 Å². The zero-order valence-electron chi connectivity index (χ0n) is 13.3. The highest BCUT2D eigenvalue weighted by molar-refractivity contribution is 5.83. The van der Waals surface area contributed by atoms with Crippen LogP contribution >= 0.6 is 0 Å². The highest BCUT2D eigenvalue weighted by atomic mass is 16.5. The fraction of sp³-hybridized carbons (Fsp3) is 0.611. The van der Waals surface area contributed by atoms with Crippen LogP contribution in [0.2, 0.25) is 0 Å². The smallest absolute Gasteiger partial charge is 0.123 e. The lowest BCUT2D eigenvalue weighted by molar-refractivity contribution is 0.134. The summed E-state index contributed by atoms with van der Waals surface area (Å²) >= 11 is 0. The van der Waals surface area contributed by atoms with Crippen molar-refractivity contribution >= 4 is 10.9 Å². The van der Waals surface area contributed by atoms with Crippen LogP contribution in [-0.4, -0.2) is 28.9 Å². The largest absolute Gasteiger partial charge is 0.490 e. The molecule has 1 aromatic heterocycles. The van der Waals surface area contributed by atoms with Gasteiger partial charge in [0.1, 0.15) is 11.9 Å². The first-order valence-corrected chi connectivity index (χ1v) is 8.62. The molecule has 0 bridgehead atoms. The molecule has 0 amide bonds. The number of ether oxygens (including phenoxy) is 1. The Labute approximate surface area is 131 Å². The van der Waals surface area contributed by atoms with Crippen molar-refractivity contribution in [2.75, 3.05) is 6.54 Å². The molecule has 2 aliphatic rings. The van der Waals surface area contributed by atoms with Crippen LogP contribution in [0.15, 0.2) is 18.3 Å². The summed E-state index contributed by atoms with van der Waals surface area (Å²) in [4.78, 5) is 0. The van der Waals surface area contributed by atoms with E-state index in [1.807, 2.05) is 6.20 Å². The van der Waals surface area contributed by atoms with E-state index >= 15 is 0 Å². The number of nitrogens with zero attached hydrogens (tertiary/aromatic N) is 1. The van der Waals surface area contributed by atoms with E-state index in [1.165, 1.54) is 44.2 Å². The first-order chi connectivity index (χ1) is 10.8. The van der Waals surface area contributed by atoms with Gasteiger partial charge in [0.2, 0.25) is 0 Å². The number of aromatic amines is 1. The summed E-state index contributed by atoms with van der Waals surface area (Å²) in [7, 11) is 0. The van der Waals surface area contributed by atoms with E-state index < -0.39 is 0 Å². The number of H-pyrrole nitrogens is 1. The average molecular weight is 299 g/mol. The molecular weight excluding hydrogens is 274 g/mol. The Balaban J connectivity index is 1.41. The van der Waals surface area contributed by atoms with Gasteiger partial charge in [-0.05, 0) is 70.0 Å². The van der Waals surface area contributed by atoms with Gasteiger partial charge in [0.15, 0.2) is 0 Å². The van der Waals surface area contributed by atoms with Crippen LogP contribution in [0.5, 0.6) is 5.75 Å². The summed E-state index contributed by atoms with van der Waals surface area (Å²) < 4.78 is 6.33. The number of rotatable bonds is 5. The Bertz CT molecular complexity index is 647. The summed E-state index contributed by atoms with van der Waals surface area (Å²) in [5.74, 6) is 1.97. The first kappa shape index (κ1) is 14.1. The van der Waals surface area contributed by atoms with Gasteiger partial charge in [0.05, 0.1) is 11.7 Å². The summed E-state index contributed by atoms with van der Waals surface area (Å²) in [5.41, 5.74) is 2.27. The number of benzene rings is 1. The van der Waals surface area contributed by atoms with Crippen molar-refractivity contribution < 1.29 is 4.74 Å². The van der Waals surface area contributed by atoms with Crippen molar-refractivity contribution in [1.29, 1.82) is 0 Å². The van der Waals surface area contributed by atoms with E-state index in [1.54, 1.807) is 0 Å². The predicted molar refractivity (Wildman–Crippen MR) is 88.2 cm³/mol. The van der Waals surface area contributed by atoms with Crippen molar-refractivity contribution in [2.45, 2.75) is 57.6 Å². The molecule has 1 aromatic carbocycles. The topological polar surface area (TPSA) is 49.9 Å². The van der Waals surface area contributed by atoms with Crippen LogP contribution in [0, 0.1) is 12.8 Å². The van der Waals surface area contributed by atoms with Gasteiger partial charge >= 0.3 is 0 Å². The molecule has 2 N–H and O–H groups in total. The number of fused-ring (bicyclic) bond motifs is 1. The highest BCUT2D eigenvalue weighted by Crippen LogP contribution is 2.31. The van der Waals surface area contributed by atoms with Gasteiger partial charge < -0.3 is 10.1 Å². The molecule has 0 radical (unpaired) electrons. The van der Waals surface area contributed by atoms with E-state index in [-0.39, 0.29) is 0 Å². The molecular formula is C18H25N3O. The normalized spacial score (nSPS) is 25.5. The molecule has 1 heterocycles. The van der Waals surface area contributed by atoms with Crippen molar-refractivity contribution in [1.82, 2.24) is 15.5 Å². The third-order valence-electron chi connectivity index (χ3n) is 5.16. The molecule has 2 atom stereocenters. The molecule has 0 aliphatic heterocycles. The quantitative estimate of drug-likeness (QED) is 0.887. The van der Waals surface area contributed by atoms with E-state index in [2.05, 4.69) is 34.6 Å². The van der Waals surface area contributed by atoms with E-state index in [9.17, 15) is 0 Å². The van der Waals surface area contributed by atoms with E-state index in [4.69, 9.17) is 4.74 Å². The molecule has 118 valence electrons. The SMILES string of the molecule is Cc1c(O[C@@H]2CCC[C@H](NCC3CC3)C2)ccc2[nH]ncc12. The number of nitrogens with one attached hydrogen (secondary N) is 2. The molecule has 4 heteroatoms. The minimum Gasteiger partial charge on any atom is -0.490 e. The Morgan fingerprint density at radius 1 is 1.27 bits per heavy atom. The van der Waals surface area contributed by atoms with Gasteiger partial charge in [0.25, 0.3) is 0 Å². The summed E-state index contributed by atoms with van der Waals surface area (Å²) in [6.45, 7) is 3.33. The van der Waals surface area contributed by atoms with Gasteiger partial charge in [-0.15, -0.1) is 0 Å². The molecule has 0 saturated heterocycles. The van der Waals surface area contributed by atoms with Crippen molar-refractivity contribution in [2.24, 2.45) is 5.92 Å². The van der Waals surface area contributed by atoms with Crippen molar-refractivity contribution in [3.8, 4) is 5.75 Å². The van der Waals surface area contributed by atoms with Crippen LogP contribution in [-0.2, 0) is 0 Å². The fourth-order valence-electron chi connectivity index (χ4n) is 3.54. The third-order valence-corrected chi connectivity index (χ3v) is 5.16. The summed E-state index contributed by atoms with van der Waals surface area (Å²) in [6, 6.07) is 4.78. The van der Waals surface area contributed by atoms with Crippen LogP contribution < -0.4 is 10.1 Å². The summed E-state index contributed by atoms with van der Waals surface area (Å²) in [5, 5.41) is 12.0. The molecule has 2 aliphatic carbocycles.